The fourth-order valence-corrected chi connectivity index (χ4v) is 6.16. The van der Waals surface area contributed by atoms with Crippen LogP contribution < -0.4 is 10.6 Å². The SMILES string of the molecule is O=C(NC1CCS(=O)(=O)C1)c1ccc(NC2CCS(=O)(=O)C2)nn1. The Hall–Kier alpha value is -1.75. The third kappa shape index (κ3) is 4.20. The summed E-state index contributed by atoms with van der Waals surface area (Å²) in [5.74, 6) is 0.172. The van der Waals surface area contributed by atoms with Crippen molar-refractivity contribution in [3.05, 3.63) is 17.8 Å². The highest BCUT2D eigenvalue weighted by atomic mass is 32.2. The molecule has 9 nitrogen and oxygen atoms in total. The van der Waals surface area contributed by atoms with E-state index in [1.54, 1.807) is 6.07 Å². The van der Waals surface area contributed by atoms with Crippen molar-refractivity contribution < 1.29 is 21.6 Å². The highest BCUT2D eigenvalue weighted by molar-refractivity contribution is 7.91. The molecule has 0 bridgehead atoms. The Labute approximate surface area is 140 Å². The molecule has 1 aromatic rings. The number of nitrogens with one attached hydrogen (secondary N) is 2. The van der Waals surface area contributed by atoms with Gasteiger partial charge in [-0.25, -0.2) is 16.8 Å². The van der Waals surface area contributed by atoms with E-state index in [1.165, 1.54) is 6.07 Å². The summed E-state index contributed by atoms with van der Waals surface area (Å²) in [6.07, 6.45) is 0.916. The summed E-state index contributed by atoms with van der Waals surface area (Å²) in [4.78, 5) is 12.0. The molecule has 11 heteroatoms. The van der Waals surface area contributed by atoms with Crippen molar-refractivity contribution in [2.24, 2.45) is 0 Å². The number of hydrogen-bond acceptors (Lipinski definition) is 8. The van der Waals surface area contributed by atoms with E-state index in [2.05, 4.69) is 20.8 Å². The van der Waals surface area contributed by atoms with Gasteiger partial charge in [0.1, 0.15) is 5.82 Å². The van der Waals surface area contributed by atoms with Gasteiger partial charge >= 0.3 is 0 Å². The average molecular weight is 374 g/mol. The van der Waals surface area contributed by atoms with Gasteiger partial charge in [-0.1, -0.05) is 0 Å². The zero-order chi connectivity index (χ0) is 17.4. The van der Waals surface area contributed by atoms with Crippen molar-refractivity contribution in [1.29, 1.82) is 0 Å². The average Bonchev–Trinajstić information content (AvgIpc) is 3.01. The predicted octanol–water partition coefficient (Wildman–Crippen LogP) is -1.01. The first kappa shape index (κ1) is 17.1. The Morgan fingerprint density at radius 2 is 1.58 bits per heavy atom. The standard InChI is InChI=1S/C13H18N4O5S2/c18-13(15-10-4-6-24(21,22)8-10)11-1-2-12(17-16-11)14-9-3-5-23(19,20)7-9/h1-2,9-10H,3-8H2,(H,14,17)(H,15,18). The molecule has 0 aromatic carbocycles. The number of sulfone groups is 2. The van der Waals surface area contributed by atoms with Crippen molar-refractivity contribution in [2.45, 2.75) is 24.9 Å². The van der Waals surface area contributed by atoms with Crippen molar-refractivity contribution in [3.63, 3.8) is 0 Å². The lowest BCUT2D eigenvalue weighted by Gasteiger charge is -2.12. The van der Waals surface area contributed by atoms with Crippen LogP contribution in [0, 0.1) is 0 Å². The van der Waals surface area contributed by atoms with Crippen LogP contribution in [0.1, 0.15) is 23.3 Å². The van der Waals surface area contributed by atoms with Crippen molar-refractivity contribution in [3.8, 4) is 0 Å². The Kier molecular flexibility index (Phi) is 4.47. The molecule has 2 aliphatic heterocycles. The number of aromatic nitrogens is 2. The largest absolute Gasteiger partial charge is 0.365 e. The van der Waals surface area contributed by atoms with Gasteiger partial charge in [0, 0.05) is 12.1 Å². The summed E-state index contributed by atoms with van der Waals surface area (Å²) in [5, 5.41) is 13.3. The third-order valence-corrected chi connectivity index (χ3v) is 7.59. The molecule has 1 aromatic heterocycles. The second-order valence-electron chi connectivity index (χ2n) is 6.12. The molecule has 2 fully saturated rings. The number of hydrogen-bond donors (Lipinski definition) is 2. The van der Waals surface area contributed by atoms with Crippen molar-refractivity contribution >= 4 is 31.4 Å². The lowest BCUT2D eigenvalue weighted by Crippen LogP contribution is -2.36. The number of carbonyl (C=O) groups excluding carboxylic acids is 1. The zero-order valence-corrected chi connectivity index (χ0v) is 14.4. The number of nitrogens with zero attached hydrogens (tertiary/aromatic N) is 2. The van der Waals surface area contributed by atoms with E-state index in [0.717, 1.165) is 0 Å². The summed E-state index contributed by atoms with van der Waals surface area (Å²) in [6.45, 7) is 0. The van der Waals surface area contributed by atoms with Crippen molar-refractivity contribution in [1.82, 2.24) is 15.5 Å². The topological polar surface area (TPSA) is 135 Å². The first-order valence-electron chi connectivity index (χ1n) is 7.54. The fourth-order valence-electron chi connectivity index (χ4n) is 2.82. The molecule has 3 heterocycles. The first-order valence-corrected chi connectivity index (χ1v) is 11.2. The monoisotopic (exact) mass is 374 g/mol. The Morgan fingerprint density at radius 1 is 0.958 bits per heavy atom. The van der Waals surface area contributed by atoms with Gasteiger partial charge < -0.3 is 10.6 Å². The molecule has 0 aliphatic carbocycles. The normalized spacial score (nSPS) is 27.7. The lowest BCUT2D eigenvalue weighted by molar-refractivity contribution is 0.0935. The molecule has 24 heavy (non-hydrogen) atoms. The van der Waals surface area contributed by atoms with E-state index in [1.807, 2.05) is 0 Å². The number of amides is 1. The van der Waals surface area contributed by atoms with Crippen LogP contribution in [0.2, 0.25) is 0 Å². The van der Waals surface area contributed by atoms with Crippen LogP contribution in [0.4, 0.5) is 5.82 Å². The number of rotatable bonds is 4. The van der Waals surface area contributed by atoms with Gasteiger partial charge in [0.25, 0.3) is 5.91 Å². The minimum absolute atomic E-state index is 0.0536. The van der Waals surface area contributed by atoms with Crippen LogP contribution in [-0.4, -0.2) is 68.0 Å². The summed E-state index contributed by atoms with van der Waals surface area (Å²) >= 11 is 0. The maximum absolute atomic E-state index is 12.0. The Morgan fingerprint density at radius 3 is 2.08 bits per heavy atom. The predicted molar refractivity (Wildman–Crippen MR) is 87.2 cm³/mol. The van der Waals surface area contributed by atoms with Crippen LogP contribution in [0.15, 0.2) is 12.1 Å². The molecule has 1 amide bonds. The molecule has 3 rings (SSSR count). The number of carbonyl (C=O) groups is 1. The molecule has 0 radical (unpaired) electrons. The third-order valence-electron chi connectivity index (χ3n) is 4.05. The van der Waals surface area contributed by atoms with Gasteiger partial charge in [-0.05, 0) is 25.0 Å². The minimum atomic E-state index is -3.06. The maximum Gasteiger partial charge on any atom is 0.272 e. The van der Waals surface area contributed by atoms with Crippen molar-refractivity contribution in [2.75, 3.05) is 28.3 Å². The van der Waals surface area contributed by atoms with E-state index in [4.69, 9.17) is 0 Å². The molecular weight excluding hydrogens is 356 g/mol. The van der Waals surface area contributed by atoms with Crippen LogP contribution in [0.5, 0.6) is 0 Å². The molecule has 2 atom stereocenters. The fraction of sp³-hybridized carbons (Fsp3) is 0.615. The second kappa shape index (κ2) is 6.28. The lowest BCUT2D eigenvalue weighted by atomic mass is 10.2. The summed E-state index contributed by atoms with van der Waals surface area (Å²) < 4.78 is 45.6. The second-order valence-corrected chi connectivity index (χ2v) is 10.6. The van der Waals surface area contributed by atoms with Gasteiger partial charge in [-0.2, -0.15) is 0 Å². The smallest absolute Gasteiger partial charge is 0.272 e. The van der Waals surface area contributed by atoms with Crippen LogP contribution in [0.3, 0.4) is 0 Å². The molecule has 2 aliphatic rings. The highest BCUT2D eigenvalue weighted by Gasteiger charge is 2.30. The van der Waals surface area contributed by atoms with E-state index in [0.29, 0.717) is 18.7 Å². The molecule has 132 valence electrons. The summed E-state index contributed by atoms with van der Waals surface area (Å²) in [6, 6.07) is 2.42. The Bertz CT molecular complexity index is 836. The van der Waals surface area contributed by atoms with E-state index >= 15 is 0 Å². The molecule has 0 spiro atoms. The van der Waals surface area contributed by atoms with Crippen LogP contribution in [0.25, 0.3) is 0 Å². The minimum Gasteiger partial charge on any atom is -0.365 e. The van der Waals surface area contributed by atoms with E-state index < -0.39 is 31.6 Å². The maximum atomic E-state index is 12.0. The highest BCUT2D eigenvalue weighted by Crippen LogP contribution is 2.16. The quantitative estimate of drug-likeness (QED) is 0.684. The van der Waals surface area contributed by atoms with Gasteiger partial charge in [0.05, 0.1) is 23.0 Å². The van der Waals surface area contributed by atoms with Gasteiger partial charge in [0.2, 0.25) is 0 Å². The molecule has 2 N–H and O–H groups in total. The van der Waals surface area contributed by atoms with E-state index in [-0.39, 0.29) is 34.7 Å². The zero-order valence-electron chi connectivity index (χ0n) is 12.8. The molecule has 2 saturated heterocycles. The van der Waals surface area contributed by atoms with Crippen LogP contribution in [-0.2, 0) is 19.7 Å². The molecular formula is C13H18N4O5S2. The first-order chi connectivity index (χ1) is 11.2. The molecule has 2 unspecified atom stereocenters. The van der Waals surface area contributed by atoms with Gasteiger partial charge in [-0.15, -0.1) is 10.2 Å². The van der Waals surface area contributed by atoms with E-state index in [9.17, 15) is 21.6 Å². The number of anilines is 1. The Balaban J connectivity index is 1.57. The summed E-state index contributed by atoms with van der Waals surface area (Å²) in [5.41, 5.74) is 0.0869. The van der Waals surface area contributed by atoms with Crippen LogP contribution >= 0.6 is 0 Å². The van der Waals surface area contributed by atoms with Gasteiger partial charge in [0.15, 0.2) is 25.4 Å². The van der Waals surface area contributed by atoms with Gasteiger partial charge in [-0.3, -0.25) is 4.79 Å². The molecule has 0 saturated carbocycles. The summed E-state index contributed by atoms with van der Waals surface area (Å²) in [7, 11) is -6.05.